The maximum absolute atomic E-state index is 12.0. The van der Waals surface area contributed by atoms with Crippen LogP contribution in [0.15, 0.2) is 12.2 Å². The number of carbonyl (C=O) groups excluding carboxylic acids is 2. The number of esters is 1. The number of allylic oxidation sites excluding steroid dienone is 2. The van der Waals surface area contributed by atoms with Crippen molar-refractivity contribution in [3.8, 4) is 0 Å². The van der Waals surface area contributed by atoms with Crippen LogP contribution in [0.5, 0.6) is 0 Å². The lowest BCUT2D eigenvalue weighted by Crippen LogP contribution is -2.44. The highest BCUT2D eigenvalue weighted by atomic mass is 16.5. The van der Waals surface area contributed by atoms with Crippen molar-refractivity contribution in [1.82, 2.24) is 0 Å². The summed E-state index contributed by atoms with van der Waals surface area (Å²) in [5, 5.41) is 0. The fourth-order valence-electron chi connectivity index (χ4n) is 3.19. The minimum atomic E-state index is -0.548. The molecule has 1 fully saturated rings. The molecule has 2 atom stereocenters. The van der Waals surface area contributed by atoms with E-state index in [1.165, 1.54) is 0 Å². The van der Waals surface area contributed by atoms with Crippen LogP contribution in [0.2, 0.25) is 0 Å². The van der Waals surface area contributed by atoms with Gasteiger partial charge in [-0.25, -0.2) is 0 Å². The lowest BCUT2D eigenvalue weighted by Gasteiger charge is -2.41. The third-order valence-corrected chi connectivity index (χ3v) is 3.95. The van der Waals surface area contributed by atoms with Crippen LogP contribution in [0.4, 0.5) is 0 Å². The van der Waals surface area contributed by atoms with Gasteiger partial charge in [-0.05, 0) is 39.0 Å². The molecule has 1 spiro atoms. The summed E-state index contributed by atoms with van der Waals surface area (Å²) in [4.78, 5) is 24.1. The van der Waals surface area contributed by atoms with E-state index < -0.39 is 5.92 Å². The van der Waals surface area contributed by atoms with Crippen molar-refractivity contribution in [2.75, 3.05) is 6.61 Å². The van der Waals surface area contributed by atoms with Crippen LogP contribution in [-0.4, -0.2) is 18.4 Å². The molecule has 3 heteroatoms. The molecule has 0 heterocycles. The first-order valence-corrected chi connectivity index (χ1v) is 6.57. The maximum Gasteiger partial charge on any atom is 0.317 e. The average molecular weight is 236 g/mol. The van der Waals surface area contributed by atoms with Gasteiger partial charge in [0.15, 0.2) is 0 Å². The van der Waals surface area contributed by atoms with E-state index in [0.29, 0.717) is 13.0 Å². The molecule has 0 aromatic rings. The Bertz CT molecular complexity index is 345. The zero-order chi connectivity index (χ0) is 12.3. The lowest BCUT2D eigenvalue weighted by atomic mass is 9.61. The van der Waals surface area contributed by atoms with Gasteiger partial charge in [0.1, 0.15) is 11.7 Å². The molecule has 0 radical (unpaired) electrons. The molecule has 0 bridgehead atoms. The van der Waals surface area contributed by atoms with Gasteiger partial charge < -0.3 is 4.74 Å². The third kappa shape index (κ3) is 2.28. The number of Topliss-reactive ketones (excluding diaryl/α,β-unsaturated/α-hetero) is 1. The second-order valence-electron chi connectivity index (χ2n) is 5.03. The summed E-state index contributed by atoms with van der Waals surface area (Å²) in [6.07, 6.45) is 9.67. The molecule has 2 unspecified atom stereocenters. The lowest BCUT2D eigenvalue weighted by molar-refractivity contribution is -0.158. The van der Waals surface area contributed by atoms with Gasteiger partial charge in [-0.3, -0.25) is 9.59 Å². The molecule has 0 aromatic carbocycles. The number of ketones is 1. The van der Waals surface area contributed by atoms with E-state index in [2.05, 4.69) is 12.2 Å². The first-order chi connectivity index (χ1) is 8.19. The molecular weight excluding hydrogens is 216 g/mol. The average Bonchev–Trinajstić information content (AvgIpc) is 2.30. The zero-order valence-corrected chi connectivity index (χ0v) is 10.4. The van der Waals surface area contributed by atoms with Crippen LogP contribution in [0, 0.1) is 11.3 Å². The van der Waals surface area contributed by atoms with Gasteiger partial charge in [-0.1, -0.05) is 12.2 Å². The Labute approximate surface area is 102 Å². The van der Waals surface area contributed by atoms with E-state index in [4.69, 9.17) is 4.74 Å². The van der Waals surface area contributed by atoms with Crippen LogP contribution in [0.3, 0.4) is 0 Å². The fourth-order valence-corrected chi connectivity index (χ4v) is 3.19. The Balaban J connectivity index is 2.27. The minimum absolute atomic E-state index is 0.0706. The monoisotopic (exact) mass is 236 g/mol. The van der Waals surface area contributed by atoms with Gasteiger partial charge in [0.25, 0.3) is 0 Å². The Morgan fingerprint density at radius 3 is 2.88 bits per heavy atom. The SMILES string of the molecule is CCOC(=O)C1C(=O)CCCC12C=CCCC2. The largest absolute Gasteiger partial charge is 0.465 e. The first-order valence-electron chi connectivity index (χ1n) is 6.57. The van der Waals surface area contributed by atoms with E-state index in [1.807, 2.05) is 0 Å². The van der Waals surface area contributed by atoms with Gasteiger partial charge in [-0.2, -0.15) is 0 Å². The molecule has 0 aromatic heterocycles. The van der Waals surface area contributed by atoms with E-state index in [9.17, 15) is 9.59 Å². The molecule has 0 amide bonds. The third-order valence-electron chi connectivity index (χ3n) is 3.95. The maximum atomic E-state index is 12.0. The van der Waals surface area contributed by atoms with Crippen molar-refractivity contribution in [2.24, 2.45) is 11.3 Å². The highest BCUT2D eigenvalue weighted by Gasteiger charge is 2.48. The van der Waals surface area contributed by atoms with E-state index in [-0.39, 0.29) is 17.2 Å². The van der Waals surface area contributed by atoms with Crippen LogP contribution < -0.4 is 0 Å². The number of ether oxygens (including phenoxy) is 1. The minimum Gasteiger partial charge on any atom is -0.465 e. The van der Waals surface area contributed by atoms with Gasteiger partial charge >= 0.3 is 5.97 Å². The van der Waals surface area contributed by atoms with Gasteiger partial charge in [0.2, 0.25) is 0 Å². The molecule has 1 saturated carbocycles. The summed E-state index contributed by atoms with van der Waals surface area (Å²) in [5.41, 5.74) is -0.236. The Morgan fingerprint density at radius 2 is 2.24 bits per heavy atom. The topological polar surface area (TPSA) is 43.4 Å². The van der Waals surface area contributed by atoms with Crippen molar-refractivity contribution in [2.45, 2.75) is 45.4 Å². The summed E-state index contributed by atoms with van der Waals surface area (Å²) in [6.45, 7) is 2.14. The first kappa shape index (κ1) is 12.3. The highest BCUT2D eigenvalue weighted by molar-refractivity contribution is 6.00. The molecule has 94 valence electrons. The predicted molar refractivity (Wildman–Crippen MR) is 64.4 cm³/mol. The Kier molecular flexibility index (Phi) is 3.65. The quantitative estimate of drug-likeness (QED) is 0.420. The van der Waals surface area contributed by atoms with Crippen LogP contribution in [-0.2, 0) is 14.3 Å². The molecule has 0 N–H and O–H groups in total. The Morgan fingerprint density at radius 1 is 1.47 bits per heavy atom. The second-order valence-corrected chi connectivity index (χ2v) is 5.03. The van der Waals surface area contributed by atoms with Gasteiger partial charge in [0.05, 0.1) is 6.61 Å². The molecule has 0 aliphatic heterocycles. The number of hydrogen-bond donors (Lipinski definition) is 0. The summed E-state index contributed by atoms with van der Waals surface area (Å²) >= 11 is 0. The molecule has 0 saturated heterocycles. The van der Waals surface area contributed by atoms with Crippen LogP contribution in [0.25, 0.3) is 0 Å². The van der Waals surface area contributed by atoms with Crippen molar-refractivity contribution in [3.63, 3.8) is 0 Å². The van der Waals surface area contributed by atoms with Gasteiger partial charge in [-0.15, -0.1) is 0 Å². The van der Waals surface area contributed by atoms with Crippen molar-refractivity contribution in [3.05, 3.63) is 12.2 Å². The molecular formula is C14H20O3. The highest BCUT2D eigenvalue weighted by Crippen LogP contribution is 2.47. The van der Waals surface area contributed by atoms with E-state index in [0.717, 1.165) is 32.1 Å². The zero-order valence-electron chi connectivity index (χ0n) is 10.4. The number of hydrogen-bond acceptors (Lipinski definition) is 3. The molecule has 17 heavy (non-hydrogen) atoms. The smallest absolute Gasteiger partial charge is 0.317 e. The summed E-state index contributed by atoms with van der Waals surface area (Å²) in [5.74, 6) is -0.794. The number of rotatable bonds is 2. The Hall–Kier alpha value is -1.12. The standard InChI is InChI=1S/C14H20O3/c1-2-17-13(16)12-11(15)7-6-10-14(12)8-4-3-5-9-14/h4,8,12H,2-3,5-7,9-10H2,1H3. The van der Waals surface area contributed by atoms with Crippen LogP contribution in [0.1, 0.15) is 45.4 Å². The summed E-state index contributed by atoms with van der Waals surface area (Å²) < 4.78 is 5.09. The number of carbonyl (C=O) groups is 2. The molecule has 2 aliphatic carbocycles. The summed E-state index contributed by atoms with van der Waals surface area (Å²) in [6, 6.07) is 0. The van der Waals surface area contributed by atoms with Crippen LogP contribution >= 0.6 is 0 Å². The fraction of sp³-hybridized carbons (Fsp3) is 0.714. The van der Waals surface area contributed by atoms with Crippen molar-refractivity contribution < 1.29 is 14.3 Å². The normalized spacial score (nSPS) is 32.8. The molecule has 3 nitrogen and oxygen atoms in total. The van der Waals surface area contributed by atoms with E-state index >= 15 is 0 Å². The summed E-state index contributed by atoms with van der Waals surface area (Å²) in [7, 11) is 0. The molecule has 2 aliphatic rings. The van der Waals surface area contributed by atoms with Crippen molar-refractivity contribution >= 4 is 11.8 Å². The van der Waals surface area contributed by atoms with E-state index in [1.54, 1.807) is 6.92 Å². The van der Waals surface area contributed by atoms with Crippen molar-refractivity contribution in [1.29, 1.82) is 0 Å². The predicted octanol–water partition coefficient (Wildman–Crippen LogP) is 2.65. The second kappa shape index (κ2) is 5.03. The molecule has 2 rings (SSSR count). The van der Waals surface area contributed by atoms with Gasteiger partial charge in [0, 0.05) is 11.8 Å².